The molecule has 22 heavy (non-hydrogen) atoms. The zero-order valence-corrected chi connectivity index (χ0v) is 13.4. The van der Waals surface area contributed by atoms with Crippen molar-refractivity contribution in [2.45, 2.75) is 44.8 Å². The van der Waals surface area contributed by atoms with Crippen LogP contribution in [0.2, 0.25) is 5.02 Å². The van der Waals surface area contributed by atoms with Crippen LogP contribution in [0, 0.1) is 5.82 Å². The summed E-state index contributed by atoms with van der Waals surface area (Å²) in [5.74, 6) is -0.781. The number of rotatable bonds is 5. The number of nitrogens with one attached hydrogen (secondary N) is 1. The molecule has 1 aliphatic heterocycles. The minimum Gasteiger partial charge on any atom is -0.392 e. The van der Waals surface area contributed by atoms with Crippen molar-refractivity contribution in [2.75, 3.05) is 18.4 Å². The fraction of sp³-hybridized carbons (Fsp3) is 0.562. The van der Waals surface area contributed by atoms with Crippen LogP contribution in [-0.4, -0.2) is 41.1 Å². The summed E-state index contributed by atoms with van der Waals surface area (Å²) in [7, 11) is 0. The van der Waals surface area contributed by atoms with Gasteiger partial charge in [0.1, 0.15) is 5.82 Å². The molecule has 2 atom stereocenters. The molecular weight excluding hydrogens is 307 g/mol. The molecule has 2 unspecified atom stereocenters. The monoisotopic (exact) mass is 328 g/mol. The van der Waals surface area contributed by atoms with Crippen LogP contribution in [0.4, 0.5) is 10.1 Å². The van der Waals surface area contributed by atoms with E-state index in [1.54, 1.807) is 6.92 Å². The molecule has 4 nitrogen and oxygen atoms in total. The van der Waals surface area contributed by atoms with Gasteiger partial charge in [0.05, 0.1) is 11.8 Å². The maximum Gasteiger partial charge on any atom is 0.225 e. The Morgan fingerprint density at radius 3 is 3.00 bits per heavy atom. The number of amides is 1. The molecule has 6 heteroatoms. The molecule has 1 amide bonds. The predicted molar refractivity (Wildman–Crippen MR) is 85.5 cm³/mol. The van der Waals surface area contributed by atoms with E-state index < -0.39 is 11.9 Å². The number of likely N-dealkylation sites (tertiary alicyclic amines) is 1. The molecular formula is C16H22ClFN2O2. The molecule has 1 aromatic carbocycles. The van der Waals surface area contributed by atoms with Gasteiger partial charge in [-0.2, -0.15) is 0 Å². The second-order valence-corrected chi connectivity index (χ2v) is 6.20. The molecule has 2 rings (SSSR count). The number of aliphatic hydroxyl groups is 1. The fourth-order valence-electron chi connectivity index (χ4n) is 2.89. The van der Waals surface area contributed by atoms with Crippen LogP contribution in [0.3, 0.4) is 0 Å². The van der Waals surface area contributed by atoms with Gasteiger partial charge in [-0.15, -0.1) is 0 Å². The molecule has 0 radical (unpaired) electrons. The molecule has 0 saturated carbocycles. The van der Waals surface area contributed by atoms with Gasteiger partial charge in [-0.05, 0) is 44.5 Å². The largest absolute Gasteiger partial charge is 0.392 e. The van der Waals surface area contributed by atoms with Crippen molar-refractivity contribution >= 4 is 23.2 Å². The summed E-state index contributed by atoms with van der Waals surface area (Å²) in [5, 5.41) is 12.7. The molecule has 1 heterocycles. The summed E-state index contributed by atoms with van der Waals surface area (Å²) >= 11 is 5.68. The number of carbonyl (C=O) groups excluding carboxylic acids is 1. The zero-order chi connectivity index (χ0) is 16.1. The van der Waals surface area contributed by atoms with E-state index in [2.05, 4.69) is 10.2 Å². The first-order chi connectivity index (χ1) is 10.5. The van der Waals surface area contributed by atoms with Crippen molar-refractivity contribution < 1.29 is 14.3 Å². The van der Waals surface area contributed by atoms with Gasteiger partial charge in [0.2, 0.25) is 5.91 Å². The maximum absolute atomic E-state index is 13.6. The van der Waals surface area contributed by atoms with E-state index in [1.807, 2.05) is 0 Å². The average molecular weight is 329 g/mol. The molecule has 1 aliphatic rings. The number of hydrogen-bond donors (Lipinski definition) is 2. The third-order valence-corrected chi connectivity index (χ3v) is 4.29. The third kappa shape index (κ3) is 4.66. The highest BCUT2D eigenvalue weighted by Crippen LogP contribution is 2.21. The number of nitrogens with zero attached hydrogens (tertiary/aromatic N) is 1. The number of anilines is 1. The Morgan fingerprint density at radius 1 is 1.55 bits per heavy atom. The van der Waals surface area contributed by atoms with Crippen molar-refractivity contribution in [3.05, 3.63) is 29.0 Å². The van der Waals surface area contributed by atoms with E-state index in [0.29, 0.717) is 11.6 Å². The van der Waals surface area contributed by atoms with E-state index in [4.69, 9.17) is 11.6 Å². The number of halogens is 2. The Morgan fingerprint density at radius 2 is 2.32 bits per heavy atom. The number of carbonyl (C=O) groups is 1. The summed E-state index contributed by atoms with van der Waals surface area (Å²) < 4.78 is 13.6. The van der Waals surface area contributed by atoms with E-state index in [-0.39, 0.29) is 24.1 Å². The number of piperidine rings is 1. The lowest BCUT2D eigenvalue weighted by Gasteiger charge is -2.37. The molecule has 0 aliphatic carbocycles. The van der Waals surface area contributed by atoms with Gasteiger partial charge < -0.3 is 10.4 Å². The lowest BCUT2D eigenvalue weighted by Crippen LogP contribution is -2.46. The van der Waals surface area contributed by atoms with Crippen molar-refractivity contribution in [2.24, 2.45) is 0 Å². The Labute approximate surface area is 135 Å². The number of aliphatic hydroxyl groups excluding tert-OH is 1. The minimum atomic E-state index is -0.541. The molecule has 2 N–H and O–H groups in total. The topological polar surface area (TPSA) is 52.6 Å². The maximum atomic E-state index is 13.6. The first-order valence-electron chi connectivity index (χ1n) is 7.64. The van der Waals surface area contributed by atoms with E-state index in [9.17, 15) is 14.3 Å². The van der Waals surface area contributed by atoms with Crippen molar-refractivity contribution in [1.29, 1.82) is 0 Å². The predicted octanol–water partition coefficient (Wildman–Crippen LogP) is 3.04. The van der Waals surface area contributed by atoms with Gasteiger partial charge in [-0.1, -0.05) is 18.0 Å². The number of benzene rings is 1. The van der Waals surface area contributed by atoms with Crippen LogP contribution in [0.15, 0.2) is 18.2 Å². The standard InChI is InChI=1S/C16H22ClFN2O2/c1-11(21)15-4-2-3-8-20(15)9-7-16(22)19-14-6-5-12(17)10-13(14)18/h5-6,10-11,15,21H,2-4,7-9H2,1H3,(H,19,22). The fourth-order valence-corrected chi connectivity index (χ4v) is 3.05. The number of hydrogen-bond acceptors (Lipinski definition) is 3. The highest BCUT2D eigenvalue weighted by Gasteiger charge is 2.26. The van der Waals surface area contributed by atoms with E-state index in [1.165, 1.54) is 18.2 Å². The summed E-state index contributed by atoms with van der Waals surface area (Å²) in [4.78, 5) is 14.1. The lowest BCUT2D eigenvalue weighted by atomic mass is 9.98. The Hall–Kier alpha value is -1.17. The van der Waals surface area contributed by atoms with Crippen molar-refractivity contribution in [1.82, 2.24) is 4.90 Å². The highest BCUT2D eigenvalue weighted by molar-refractivity contribution is 6.30. The molecule has 1 fully saturated rings. The van der Waals surface area contributed by atoms with E-state index >= 15 is 0 Å². The van der Waals surface area contributed by atoms with Crippen LogP contribution in [0.25, 0.3) is 0 Å². The quantitative estimate of drug-likeness (QED) is 0.873. The molecule has 122 valence electrons. The van der Waals surface area contributed by atoms with Gasteiger partial charge in [-0.3, -0.25) is 9.69 Å². The van der Waals surface area contributed by atoms with Crippen LogP contribution >= 0.6 is 11.6 Å². The first kappa shape index (κ1) is 17.2. The summed E-state index contributed by atoms with van der Waals surface area (Å²) in [6.45, 7) is 3.24. The van der Waals surface area contributed by atoms with Gasteiger partial charge in [0.15, 0.2) is 0 Å². The molecule has 0 spiro atoms. The Kier molecular flexibility index (Phi) is 6.17. The van der Waals surface area contributed by atoms with Gasteiger partial charge >= 0.3 is 0 Å². The van der Waals surface area contributed by atoms with Crippen LogP contribution in [0.1, 0.15) is 32.6 Å². The summed E-state index contributed by atoms with van der Waals surface area (Å²) in [5.41, 5.74) is 0.139. The second-order valence-electron chi connectivity index (χ2n) is 5.76. The second kappa shape index (κ2) is 7.90. The van der Waals surface area contributed by atoms with Crippen LogP contribution in [-0.2, 0) is 4.79 Å². The minimum absolute atomic E-state index is 0.105. The third-order valence-electron chi connectivity index (χ3n) is 4.05. The normalized spacial score (nSPS) is 20.6. The van der Waals surface area contributed by atoms with E-state index in [0.717, 1.165) is 25.8 Å². The molecule has 1 aromatic rings. The van der Waals surface area contributed by atoms with Gasteiger partial charge in [0.25, 0.3) is 0 Å². The molecule has 0 bridgehead atoms. The van der Waals surface area contributed by atoms with Crippen LogP contribution in [0.5, 0.6) is 0 Å². The SMILES string of the molecule is CC(O)C1CCCCN1CCC(=O)Nc1ccc(Cl)cc1F. The lowest BCUT2D eigenvalue weighted by molar-refractivity contribution is -0.116. The summed E-state index contributed by atoms with van der Waals surface area (Å²) in [6, 6.07) is 4.27. The smallest absolute Gasteiger partial charge is 0.225 e. The summed E-state index contributed by atoms with van der Waals surface area (Å²) in [6.07, 6.45) is 3.00. The highest BCUT2D eigenvalue weighted by atomic mass is 35.5. The van der Waals surface area contributed by atoms with Crippen LogP contribution < -0.4 is 5.32 Å². The molecule has 1 saturated heterocycles. The first-order valence-corrected chi connectivity index (χ1v) is 8.02. The molecule has 0 aromatic heterocycles. The van der Waals surface area contributed by atoms with Gasteiger partial charge in [-0.25, -0.2) is 4.39 Å². The average Bonchev–Trinajstić information content (AvgIpc) is 2.48. The van der Waals surface area contributed by atoms with Crippen molar-refractivity contribution in [3.8, 4) is 0 Å². The van der Waals surface area contributed by atoms with Gasteiger partial charge in [0, 0.05) is 24.0 Å². The Bertz CT molecular complexity index is 525. The Balaban J connectivity index is 1.86. The zero-order valence-electron chi connectivity index (χ0n) is 12.7. The van der Waals surface area contributed by atoms with Crippen molar-refractivity contribution in [3.63, 3.8) is 0 Å².